The van der Waals surface area contributed by atoms with Gasteiger partial charge in [0.2, 0.25) is 0 Å². The van der Waals surface area contributed by atoms with Crippen molar-refractivity contribution < 1.29 is 4.42 Å². The molecule has 0 radical (unpaired) electrons. The summed E-state index contributed by atoms with van der Waals surface area (Å²) < 4.78 is 8.34. The minimum Gasteiger partial charge on any atom is -0.467 e. The monoisotopic (exact) mass is 311 g/mol. The van der Waals surface area contributed by atoms with E-state index in [0.717, 1.165) is 23.3 Å². The van der Waals surface area contributed by atoms with E-state index in [-0.39, 0.29) is 0 Å². The molecule has 0 amide bonds. The van der Waals surface area contributed by atoms with Crippen LogP contribution >= 0.6 is 15.9 Å². The third-order valence-electron chi connectivity index (χ3n) is 2.51. The van der Waals surface area contributed by atoms with Crippen LogP contribution in [-0.2, 0) is 13.1 Å². The summed E-state index contributed by atoms with van der Waals surface area (Å²) in [5.41, 5.74) is 1.18. The van der Waals surface area contributed by atoms with Crippen LogP contribution in [0.1, 0.15) is 25.2 Å². The number of halogens is 1. The number of aromatic nitrogens is 2. The molecule has 0 saturated carbocycles. The highest BCUT2D eigenvalue weighted by Crippen LogP contribution is 2.12. The summed E-state index contributed by atoms with van der Waals surface area (Å²) in [6.45, 7) is 6.93. The molecule has 4 nitrogen and oxygen atoms in total. The first-order valence-corrected chi connectivity index (χ1v) is 6.87. The zero-order valence-corrected chi connectivity index (χ0v) is 12.3. The van der Waals surface area contributed by atoms with Gasteiger partial charge in [0.25, 0.3) is 0 Å². The molecule has 0 aromatic carbocycles. The highest BCUT2D eigenvalue weighted by atomic mass is 79.9. The summed E-state index contributed by atoms with van der Waals surface area (Å²) >= 11 is 3.37. The molecule has 2 heterocycles. The van der Waals surface area contributed by atoms with Crippen molar-refractivity contribution in [2.75, 3.05) is 6.54 Å². The Balaban J connectivity index is 1.86. The van der Waals surface area contributed by atoms with Crippen molar-refractivity contribution in [1.29, 1.82) is 0 Å². The maximum atomic E-state index is 5.52. The Hall–Kier alpha value is -1.07. The van der Waals surface area contributed by atoms with Crippen LogP contribution in [-0.4, -0.2) is 16.3 Å². The molecule has 0 unspecified atom stereocenters. The van der Waals surface area contributed by atoms with Gasteiger partial charge in [-0.25, -0.2) is 0 Å². The van der Waals surface area contributed by atoms with Crippen LogP contribution < -0.4 is 5.32 Å². The third-order valence-corrected chi connectivity index (χ3v) is 2.92. The SMILES string of the molecule is CC(C)CNCc1coc(Cn2cc(Br)cn2)c1. The van der Waals surface area contributed by atoms with E-state index in [0.29, 0.717) is 12.5 Å². The van der Waals surface area contributed by atoms with E-state index in [1.54, 1.807) is 12.5 Å². The van der Waals surface area contributed by atoms with Gasteiger partial charge in [0.15, 0.2) is 0 Å². The van der Waals surface area contributed by atoms with Gasteiger partial charge in [-0.15, -0.1) is 0 Å². The van der Waals surface area contributed by atoms with Gasteiger partial charge in [0.1, 0.15) is 5.76 Å². The zero-order valence-electron chi connectivity index (χ0n) is 10.7. The third kappa shape index (κ3) is 3.99. The van der Waals surface area contributed by atoms with Crippen molar-refractivity contribution in [2.45, 2.75) is 26.9 Å². The first kappa shape index (κ1) is 13.4. The minimum absolute atomic E-state index is 0.662. The van der Waals surface area contributed by atoms with Crippen LogP contribution in [0.5, 0.6) is 0 Å². The summed E-state index contributed by atoms with van der Waals surface area (Å²) in [6, 6.07) is 2.07. The van der Waals surface area contributed by atoms with Crippen molar-refractivity contribution in [3.63, 3.8) is 0 Å². The van der Waals surface area contributed by atoms with Crippen molar-refractivity contribution in [3.05, 3.63) is 40.5 Å². The lowest BCUT2D eigenvalue weighted by molar-refractivity contribution is 0.477. The number of hydrogen-bond acceptors (Lipinski definition) is 3. The molecule has 98 valence electrons. The average Bonchev–Trinajstić information content (AvgIpc) is 2.89. The van der Waals surface area contributed by atoms with Crippen LogP contribution in [0.25, 0.3) is 0 Å². The number of nitrogens with one attached hydrogen (secondary N) is 1. The van der Waals surface area contributed by atoms with Crippen LogP contribution in [0, 0.1) is 5.92 Å². The predicted octanol–water partition coefficient (Wildman–Crippen LogP) is 3.03. The Kier molecular flexibility index (Phi) is 4.60. The Bertz CT molecular complexity index is 490. The van der Waals surface area contributed by atoms with Crippen LogP contribution in [0.15, 0.2) is 33.6 Å². The smallest absolute Gasteiger partial charge is 0.125 e. The minimum atomic E-state index is 0.662. The van der Waals surface area contributed by atoms with E-state index in [4.69, 9.17) is 4.42 Å². The van der Waals surface area contributed by atoms with Crippen molar-refractivity contribution in [3.8, 4) is 0 Å². The number of furan rings is 1. The molecule has 1 N–H and O–H groups in total. The van der Waals surface area contributed by atoms with Gasteiger partial charge in [-0.1, -0.05) is 13.8 Å². The van der Waals surface area contributed by atoms with E-state index >= 15 is 0 Å². The second-order valence-corrected chi connectivity index (χ2v) is 5.72. The van der Waals surface area contributed by atoms with Gasteiger partial charge in [0, 0.05) is 18.3 Å². The Morgan fingerprint density at radius 3 is 3.00 bits per heavy atom. The molecule has 0 bridgehead atoms. The van der Waals surface area contributed by atoms with Gasteiger partial charge >= 0.3 is 0 Å². The van der Waals surface area contributed by atoms with E-state index in [1.807, 2.05) is 10.9 Å². The maximum absolute atomic E-state index is 5.52. The molecule has 0 atom stereocenters. The van der Waals surface area contributed by atoms with Crippen molar-refractivity contribution in [2.24, 2.45) is 5.92 Å². The maximum Gasteiger partial charge on any atom is 0.125 e. The molecule has 0 aliphatic heterocycles. The molecule has 0 fully saturated rings. The van der Waals surface area contributed by atoms with Gasteiger partial charge < -0.3 is 9.73 Å². The molecule has 18 heavy (non-hydrogen) atoms. The van der Waals surface area contributed by atoms with E-state index in [1.165, 1.54) is 5.56 Å². The molecular formula is C13H18BrN3O. The molecule has 0 aliphatic carbocycles. The molecular weight excluding hydrogens is 294 g/mol. The number of rotatable bonds is 6. The first-order chi connectivity index (χ1) is 8.63. The second kappa shape index (κ2) is 6.20. The van der Waals surface area contributed by atoms with Gasteiger partial charge in [-0.05, 0) is 34.5 Å². The molecule has 0 spiro atoms. The van der Waals surface area contributed by atoms with Gasteiger partial charge in [0.05, 0.1) is 23.5 Å². The number of nitrogens with zero attached hydrogens (tertiary/aromatic N) is 2. The Morgan fingerprint density at radius 2 is 2.33 bits per heavy atom. The number of hydrogen-bond donors (Lipinski definition) is 1. The fourth-order valence-corrected chi connectivity index (χ4v) is 2.02. The zero-order chi connectivity index (χ0) is 13.0. The summed E-state index contributed by atoms with van der Waals surface area (Å²) in [4.78, 5) is 0. The van der Waals surface area contributed by atoms with Crippen LogP contribution in [0.4, 0.5) is 0 Å². The summed E-state index contributed by atoms with van der Waals surface area (Å²) in [6.07, 6.45) is 5.51. The lowest BCUT2D eigenvalue weighted by Crippen LogP contribution is -2.18. The summed E-state index contributed by atoms with van der Waals surface area (Å²) in [5, 5.41) is 7.59. The Morgan fingerprint density at radius 1 is 1.50 bits per heavy atom. The molecule has 0 saturated heterocycles. The second-order valence-electron chi connectivity index (χ2n) is 4.80. The molecule has 2 aromatic rings. The molecule has 2 aromatic heterocycles. The summed E-state index contributed by atoms with van der Waals surface area (Å²) in [5.74, 6) is 1.59. The van der Waals surface area contributed by atoms with Gasteiger partial charge in [-0.3, -0.25) is 4.68 Å². The van der Waals surface area contributed by atoms with E-state index in [2.05, 4.69) is 46.3 Å². The Labute approximate surface area is 115 Å². The lowest BCUT2D eigenvalue weighted by atomic mass is 10.2. The molecule has 2 rings (SSSR count). The fourth-order valence-electron chi connectivity index (χ4n) is 1.69. The largest absolute Gasteiger partial charge is 0.467 e. The molecule has 5 heteroatoms. The normalized spacial score (nSPS) is 11.3. The van der Waals surface area contributed by atoms with Crippen molar-refractivity contribution in [1.82, 2.24) is 15.1 Å². The first-order valence-electron chi connectivity index (χ1n) is 6.08. The lowest BCUT2D eigenvalue weighted by Gasteiger charge is -2.04. The van der Waals surface area contributed by atoms with Crippen molar-refractivity contribution >= 4 is 15.9 Å². The quantitative estimate of drug-likeness (QED) is 0.891. The fraction of sp³-hybridized carbons (Fsp3) is 0.462. The standard InChI is InChI=1S/C13H18BrN3O/c1-10(2)4-15-5-11-3-13(18-9-11)8-17-7-12(14)6-16-17/h3,6-7,9-10,15H,4-5,8H2,1-2H3. The van der Waals surface area contributed by atoms with E-state index < -0.39 is 0 Å². The van der Waals surface area contributed by atoms with Crippen LogP contribution in [0.3, 0.4) is 0 Å². The average molecular weight is 312 g/mol. The highest BCUT2D eigenvalue weighted by Gasteiger charge is 2.04. The predicted molar refractivity (Wildman–Crippen MR) is 74.3 cm³/mol. The topological polar surface area (TPSA) is 43.0 Å². The van der Waals surface area contributed by atoms with E-state index in [9.17, 15) is 0 Å². The van der Waals surface area contributed by atoms with Crippen LogP contribution in [0.2, 0.25) is 0 Å². The molecule has 0 aliphatic rings. The summed E-state index contributed by atoms with van der Waals surface area (Å²) in [7, 11) is 0. The van der Waals surface area contributed by atoms with Gasteiger partial charge in [-0.2, -0.15) is 5.10 Å². The highest BCUT2D eigenvalue weighted by molar-refractivity contribution is 9.10.